The SMILES string of the molecule is COCc1oc2ccccc2c(=O)c1C. The number of rotatable bonds is 2. The van der Waals surface area contributed by atoms with Crippen LogP contribution in [-0.2, 0) is 11.3 Å². The lowest BCUT2D eigenvalue weighted by Crippen LogP contribution is -2.09. The number of fused-ring (bicyclic) bond motifs is 1. The molecule has 0 radical (unpaired) electrons. The fourth-order valence-electron chi connectivity index (χ4n) is 1.55. The second-order valence-corrected chi connectivity index (χ2v) is 3.41. The van der Waals surface area contributed by atoms with E-state index in [0.717, 1.165) is 0 Å². The van der Waals surface area contributed by atoms with E-state index < -0.39 is 0 Å². The Bertz CT molecular complexity index is 540. The highest BCUT2D eigenvalue weighted by Gasteiger charge is 2.09. The molecule has 15 heavy (non-hydrogen) atoms. The van der Waals surface area contributed by atoms with Gasteiger partial charge in [0.1, 0.15) is 18.0 Å². The second kappa shape index (κ2) is 3.87. The van der Waals surface area contributed by atoms with Crippen LogP contribution in [0.3, 0.4) is 0 Å². The lowest BCUT2D eigenvalue weighted by atomic mass is 10.1. The van der Waals surface area contributed by atoms with Gasteiger partial charge in [0.25, 0.3) is 0 Å². The van der Waals surface area contributed by atoms with Gasteiger partial charge in [0, 0.05) is 12.7 Å². The first kappa shape index (κ1) is 9.93. The van der Waals surface area contributed by atoms with Crippen molar-refractivity contribution in [2.45, 2.75) is 13.5 Å². The van der Waals surface area contributed by atoms with Crippen molar-refractivity contribution in [1.82, 2.24) is 0 Å². The molecule has 0 atom stereocenters. The maximum Gasteiger partial charge on any atom is 0.195 e. The molecule has 0 bridgehead atoms. The van der Waals surface area contributed by atoms with Gasteiger partial charge in [-0.3, -0.25) is 4.79 Å². The van der Waals surface area contributed by atoms with Crippen LogP contribution in [0.15, 0.2) is 33.5 Å². The molecule has 2 rings (SSSR count). The molecule has 0 aliphatic rings. The van der Waals surface area contributed by atoms with Crippen LogP contribution in [0.25, 0.3) is 11.0 Å². The Labute approximate surface area is 87.3 Å². The summed E-state index contributed by atoms with van der Waals surface area (Å²) < 4.78 is 10.6. The van der Waals surface area contributed by atoms with E-state index in [1.54, 1.807) is 26.2 Å². The average molecular weight is 204 g/mol. The van der Waals surface area contributed by atoms with Gasteiger partial charge in [-0.15, -0.1) is 0 Å². The molecular formula is C12H12O3. The third-order valence-electron chi connectivity index (χ3n) is 2.40. The Morgan fingerprint density at radius 3 is 2.80 bits per heavy atom. The average Bonchev–Trinajstić information content (AvgIpc) is 2.26. The summed E-state index contributed by atoms with van der Waals surface area (Å²) in [5.41, 5.74) is 1.25. The molecule has 0 saturated heterocycles. The maximum atomic E-state index is 11.9. The highest BCUT2D eigenvalue weighted by atomic mass is 16.5. The van der Waals surface area contributed by atoms with Gasteiger partial charge in [0.05, 0.1) is 5.39 Å². The van der Waals surface area contributed by atoms with Crippen LogP contribution in [-0.4, -0.2) is 7.11 Å². The summed E-state index contributed by atoms with van der Waals surface area (Å²) in [6.45, 7) is 2.08. The third kappa shape index (κ3) is 1.66. The highest BCUT2D eigenvalue weighted by Crippen LogP contribution is 2.15. The molecule has 3 nitrogen and oxygen atoms in total. The normalized spacial score (nSPS) is 10.8. The van der Waals surface area contributed by atoms with Gasteiger partial charge in [-0.1, -0.05) is 12.1 Å². The minimum Gasteiger partial charge on any atom is -0.458 e. The molecule has 2 aromatic rings. The van der Waals surface area contributed by atoms with E-state index in [4.69, 9.17) is 9.15 Å². The predicted molar refractivity (Wildman–Crippen MR) is 57.9 cm³/mol. The van der Waals surface area contributed by atoms with Crippen molar-refractivity contribution in [1.29, 1.82) is 0 Å². The molecule has 1 heterocycles. The number of ether oxygens (including phenoxy) is 1. The molecule has 0 N–H and O–H groups in total. The number of para-hydroxylation sites is 1. The lowest BCUT2D eigenvalue weighted by molar-refractivity contribution is 0.164. The van der Waals surface area contributed by atoms with Crippen molar-refractivity contribution in [3.8, 4) is 0 Å². The Hall–Kier alpha value is -1.61. The van der Waals surface area contributed by atoms with Gasteiger partial charge in [0.15, 0.2) is 5.43 Å². The first-order chi connectivity index (χ1) is 7.24. The zero-order valence-corrected chi connectivity index (χ0v) is 8.74. The van der Waals surface area contributed by atoms with E-state index in [0.29, 0.717) is 28.9 Å². The van der Waals surface area contributed by atoms with Crippen LogP contribution >= 0.6 is 0 Å². The van der Waals surface area contributed by atoms with E-state index in [2.05, 4.69) is 0 Å². The molecule has 0 unspecified atom stereocenters. The summed E-state index contributed by atoms with van der Waals surface area (Å²) in [5, 5.41) is 0.620. The molecule has 1 aromatic heterocycles. The van der Waals surface area contributed by atoms with Crippen LogP contribution in [0.5, 0.6) is 0 Å². The molecule has 1 aromatic carbocycles. The van der Waals surface area contributed by atoms with Gasteiger partial charge in [0.2, 0.25) is 0 Å². The van der Waals surface area contributed by atoms with Gasteiger partial charge in [-0.25, -0.2) is 0 Å². The number of hydrogen-bond acceptors (Lipinski definition) is 3. The van der Waals surface area contributed by atoms with Gasteiger partial charge in [-0.05, 0) is 19.1 Å². The summed E-state index contributed by atoms with van der Waals surface area (Å²) in [6.07, 6.45) is 0. The number of benzene rings is 1. The van der Waals surface area contributed by atoms with E-state index in [1.165, 1.54) is 0 Å². The van der Waals surface area contributed by atoms with Crippen molar-refractivity contribution >= 4 is 11.0 Å². The Balaban J connectivity index is 2.77. The lowest BCUT2D eigenvalue weighted by Gasteiger charge is -2.05. The molecule has 0 aliphatic carbocycles. The van der Waals surface area contributed by atoms with E-state index >= 15 is 0 Å². The summed E-state index contributed by atoms with van der Waals surface area (Å²) in [5.74, 6) is 0.598. The zero-order chi connectivity index (χ0) is 10.8. The van der Waals surface area contributed by atoms with Crippen molar-refractivity contribution in [3.63, 3.8) is 0 Å². The Morgan fingerprint density at radius 1 is 1.33 bits per heavy atom. The molecular weight excluding hydrogens is 192 g/mol. The first-order valence-electron chi connectivity index (χ1n) is 4.74. The summed E-state index contributed by atoms with van der Waals surface area (Å²) in [4.78, 5) is 11.9. The van der Waals surface area contributed by atoms with E-state index in [1.807, 2.05) is 12.1 Å². The molecule has 3 heteroatoms. The smallest absolute Gasteiger partial charge is 0.195 e. The van der Waals surface area contributed by atoms with Crippen molar-refractivity contribution in [2.24, 2.45) is 0 Å². The van der Waals surface area contributed by atoms with Crippen LogP contribution in [0, 0.1) is 6.92 Å². The highest BCUT2D eigenvalue weighted by molar-refractivity contribution is 5.76. The standard InChI is InChI=1S/C12H12O3/c1-8-11(7-14-2)15-10-6-4-3-5-9(10)12(8)13/h3-6H,7H2,1-2H3. The molecule has 0 fully saturated rings. The van der Waals surface area contributed by atoms with Crippen molar-refractivity contribution in [3.05, 3.63) is 45.8 Å². The Kier molecular flexibility index (Phi) is 2.56. The summed E-state index contributed by atoms with van der Waals surface area (Å²) in [6, 6.07) is 7.23. The van der Waals surface area contributed by atoms with Crippen molar-refractivity contribution in [2.75, 3.05) is 7.11 Å². The number of hydrogen-bond donors (Lipinski definition) is 0. The first-order valence-corrected chi connectivity index (χ1v) is 4.74. The molecule has 0 aliphatic heterocycles. The van der Waals surface area contributed by atoms with Gasteiger partial charge < -0.3 is 9.15 Å². The molecule has 0 spiro atoms. The van der Waals surface area contributed by atoms with Crippen LogP contribution in [0.2, 0.25) is 0 Å². The zero-order valence-electron chi connectivity index (χ0n) is 8.74. The monoisotopic (exact) mass is 204 g/mol. The Morgan fingerprint density at radius 2 is 2.07 bits per heavy atom. The number of methoxy groups -OCH3 is 1. The third-order valence-corrected chi connectivity index (χ3v) is 2.40. The molecule has 0 saturated carbocycles. The quantitative estimate of drug-likeness (QED) is 0.753. The van der Waals surface area contributed by atoms with E-state index in [-0.39, 0.29) is 5.43 Å². The van der Waals surface area contributed by atoms with Crippen molar-refractivity contribution < 1.29 is 9.15 Å². The topological polar surface area (TPSA) is 39.4 Å². The van der Waals surface area contributed by atoms with Gasteiger partial charge in [-0.2, -0.15) is 0 Å². The van der Waals surface area contributed by atoms with E-state index in [9.17, 15) is 4.79 Å². The van der Waals surface area contributed by atoms with Crippen LogP contribution in [0.1, 0.15) is 11.3 Å². The summed E-state index contributed by atoms with van der Waals surface area (Å²) in [7, 11) is 1.58. The predicted octanol–water partition coefficient (Wildman–Crippen LogP) is 2.25. The second-order valence-electron chi connectivity index (χ2n) is 3.41. The molecule has 78 valence electrons. The van der Waals surface area contributed by atoms with Gasteiger partial charge >= 0.3 is 0 Å². The largest absolute Gasteiger partial charge is 0.458 e. The molecule has 0 amide bonds. The van der Waals surface area contributed by atoms with Crippen LogP contribution < -0.4 is 5.43 Å². The minimum absolute atomic E-state index is 0.0175. The maximum absolute atomic E-state index is 11.9. The van der Waals surface area contributed by atoms with Crippen LogP contribution in [0.4, 0.5) is 0 Å². The minimum atomic E-state index is 0.0175. The fraction of sp³-hybridized carbons (Fsp3) is 0.250. The summed E-state index contributed by atoms with van der Waals surface area (Å²) >= 11 is 0. The fourth-order valence-corrected chi connectivity index (χ4v) is 1.55.